The summed E-state index contributed by atoms with van der Waals surface area (Å²) in [6.07, 6.45) is 4.55. The van der Waals surface area contributed by atoms with Crippen molar-refractivity contribution < 1.29 is 13.6 Å². The summed E-state index contributed by atoms with van der Waals surface area (Å²) < 4.78 is 19.4. The first-order valence-electron chi connectivity index (χ1n) is 6.99. The third kappa shape index (κ3) is 2.51. The first-order chi connectivity index (χ1) is 10.1. The number of benzene rings is 1. The van der Waals surface area contributed by atoms with Gasteiger partial charge >= 0.3 is 0 Å². The van der Waals surface area contributed by atoms with E-state index in [2.05, 4.69) is 5.32 Å². The molecule has 5 heteroatoms. The molecule has 1 amide bonds. The molecule has 0 spiro atoms. The third-order valence-corrected chi connectivity index (χ3v) is 4.01. The van der Waals surface area contributed by atoms with E-state index in [1.54, 1.807) is 19.3 Å². The first-order valence-corrected chi connectivity index (χ1v) is 6.99. The van der Waals surface area contributed by atoms with Gasteiger partial charge < -0.3 is 15.5 Å². The van der Waals surface area contributed by atoms with Gasteiger partial charge in [-0.25, -0.2) is 4.39 Å². The van der Waals surface area contributed by atoms with Crippen LogP contribution >= 0.6 is 0 Å². The van der Waals surface area contributed by atoms with Crippen molar-refractivity contribution in [2.45, 2.75) is 32.2 Å². The Morgan fingerprint density at radius 1 is 1.48 bits per heavy atom. The zero-order valence-electron chi connectivity index (χ0n) is 11.8. The Labute approximate surface area is 122 Å². The number of rotatable bonds is 3. The van der Waals surface area contributed by atoms with Crippen molar-refractivity contribution in [2.75, 3.05) is 5.32 Å². The van der Waals surface area contributed by atoms with E-state index < -0.39 is 11.7 Å². The van der Waals surface area contributed by atoms with E-state index in [0.29, 0.717) is 11.3 Å². The van der Waals surface area contributed by atoms with Gasteiger partial charge in [-0.1, -0.05) is 0 Å². The number of anilines is 1. The molecule has 110 valence electrons. The molecule has 1 aromatic carbocycles. The predicted molar refractivity (Wildman–Crippen MR) is 77.7 cm³/mol. The van der Waals surface area contributed by atoms with Crippen molar-refractivity contribution in [3.05, 3.63) is 52.7 Å². The molecule has 2 aromatic rings. The second-order valence-electron chi connectivity index (χ2n) is 5.38. The van der Waals surface area contributed by atoms with Gasteiger partial charge in [0, 0.05) is 28.8 Å². The molecule has 1 aromatic heterocycles. The second kappa shape index (κ2) is 5.24. The van der Waals surface area contributed by atoms with Crippen LogP contribution in [0.25, 0.3) is 0 Å². The van der Waals surface area contributed by atoms with Gasteiger partial charge in [0.15, 0.2) is 0 Å². The van der Waals surface area contributed by atoms with Gasteiger partial charge in [-0.05, 0) is 38.0 Å². The standard InChI is InChI=1S/C16H17FN2O2/c1-9-12(17)7-10(16(18)20)8-14(9)19-13-3-2-4-15-11(13)5-6-21-15/h5-8,13,19H,2-4H2,1H3,(H2,18,20). The van der Waals surface area contributed by atoms with Crippen LogP contribution in [0.3, 0.4) is 0 Å². The van der Waals surface area contributed by atoms with Crippen LogP contribution in [-0.4, -0.2) is 5.91 Å². The molecule has 1 heterocycles. The lowest BCUT2D eigenvalue weighted by molar-refractivity contribution is 0.1000. The van der Waals surface area contributed by atoms with Crippen LogP contribution < -0.4 is 11.1 Å². The molecule has 0 aliphatic heterocycles. The monoisotopic (exact) mass is 288 g/mol. The Bertz CT molecular complexity index is 694. The number of carbonyl (C=O) groups is 1. The van der Waals surface area contributed by atoms with Crippen LogP contribution in [0.1, 0.15) is 46.1 Å². The molecular weight excluding hydrogens is 271 g/mol. The summed E-state index contributed by atoms with van der Waals surface area (Å²) in [6, 6.07) is 4.78. The molecule has 1 unspecified atom stereocenters. The van der Waals surface area contributed by atoms with Crippen LogP contribution in [-0.2, 0) is 6.42 Å². The summed E-state index contributed by atoms with van der Waals surface area (Å²) in [5.41, 5.74) is 7.60. The highest BCUT2D eigenvalue weighted by atomic mass is 19.1. The SMILES string of the molecule is Cc1c(F)cc(C(N)=O)cc1NC1CCCc2occc21. The second-order valence-corrected chi connectivity index (χ2v) is 5.38. The van der Waals surface area contributed by atoms with E-state index in [9.17, 15) is 9.18 Å². The average molecular weight is 288 g/mol. The lowest BCUT2D eigenvalue weighted by Gasteiger charge is -2.25. The fraction of sp³-hybridized carbons (Fsp3) is 0.312. The van der Waals surface area contributed by atoms with Gasteiger partial charge in [0.05, 0.1) is 12.3 Å². The van der Waals surface area contributed by atoms with E-state index in [-0.39, 0.29) is 11.6 Å². The fourth-order valence-electron chi connectivity index (χ4n) is 2.80. The molecule has 0 radical (unpaired) electrons. The number of furan rings is 1. The van der Waals surface area contributed by atoms with Crippen molar-refractivity contribution in [1.82, 2.24) is 0 Å². The number of nitrogens with two attached hydrogens (primary N) is 1. The lowest BCUT2D eigenvalue weighted by Crippen LogP contribution is -2.18. The maximum atomic E-state index is 13.9. The van der Waals surface area contributed by atoms with Gasteiger partial charge in [0.1, 0.15) is 11.6 Å². The lowest BCUT2D eigenvalue weighted by atomic mass is 9.93. The summed E-state index contributed by atoms with van der Waals surface area (Å²) >= 11 is 0. The van der Waals surface area contributed by atoms with Crippen LogP contribution in [0.2, 0.25) is 0 Å². The maximum Gasteiger partial charge on any atom is 0.248 e. The summed E-state index contributed by atoms with van der Waals surface area (Å²) in [5, 5.41) is 3.32. The number of fused-ring (bicyclic) bond motifs is 1. The molecule has 21 heavy (non-hydrogen) atoms. The molecule has 4 nitrogen and oxygen atoms in total. The zero-order valence-corrected chi connectivity index (χ0v) is 11.8. The van der Waals surface area contributed by atoms with E-state index in [4.69, 9.17) is 10.2 Å². The topological polar surface area (TPSA) is 68.3 Å². The summed E-state index contributed by atoms with van der Waals surface area (Å²) in [5.74, 6) is -0.0930. The normalized spacial score (nSPS) is 17.3. The molecule has 0 saturated carbocycles. The summed E-state index contributed by atoms with van der Waals surface area (Å²) in [7, 11) is 0. The minimum Gasteiger partial charge on any atom is -0.469 e. The Balaban J connectivity index is 1.94. The smallest absolute Gasteiger partial charge is 0.248 e. The minimum absolute atomic E-state index is 0.0636. The summed E-state index contributed by atoms with van der Waals surface area (Å²) in [4.78, 5) is 11.3. The van der Waals surface area contributed by atoms with Gasteiger partial charge in [0.25, 0.3) is 0 Å². The van der Waals surface area contributed by atoms with Crippen molar-refractivity contribution in [3.8, 4) is 0 Å². The van der Waals surface area contributed by atoms with Gasteiger partial charge in [-0.3, -0.25) is 4.79 Å². The Morgan fingerprint density at radius 3 is 3.05 bits per heavy atom. The highest BCUT2D eigenvalue weighted by Crippen LogP contribution is 2.34. The average Bonchev–Trinajstić information content (AvgIpc) is 2.92. The fourth-order valence-corrected chi connectivity index (χ4v) is 2.80. The number of halogens is 1. The number of nitrogens with one attached hydrogen (secondary N) is 1. The maximum absolute atomic E-state index is 13.9. The third-order valence-electron chi connectivity index (χ3n) is 4.01. The Kier molecular flexibility index (Phi) is 3.41. The molecule has 1 atom stereocenters. The molecule has 1 aliphatic carbocycles. The Morgan fingerprint density at radius 2 is 2.29 bits per heavy atom. The van der Waals surface area contributed by atoms with Crippen LogP contribution in [0.4, 0.5) is 10.1 Å². The van der Waals surface area contributed by atoms with Crippen molar-refractivity contribution >= 4 is 11.6 Å². The first kappa shape index (κ1) is 13.7. The van der Waals surface area contributed by atoms with E-state index in [1.165, 1.54) is 6.07 Å². The quantitative estimate of drug-likeness (QED) is 0.910. The zero-order chi connectivity index (χ0) is 15.0. The number of primary amides is 1. The van der Waals surface area contributed by atoms with Gasteiger partial charge in [0.2, 0.25) is 5.91 Å². The number of carbonyl (C=O) groups excluding carboxylic acids is 1. The van der Waals surface area contributed by atoms with Crippen molar-refractivity contribution in [3.63, 3.8) is 0 Å². The van der Waals surface area contributed by atoms with E-state index in [0.717, 1.165) is 30.6 Å². The van der Waals surface area contributed by atoms with Gasteiger partial charge in [-0.2, -0.15) is 0 Å². The van der Waals surface area contributed by atoms with Crippen LogP contribution in [0, 0.1) is 12.7 Å². The molecule has 0 fully saturated rings. The molecule has 0 bridgehead atoms. The van der Waals surface area contributed by atoms with E-state index >= 15 is 0 Å². The molecule has 3 N–H and O–H groups in total. The highest BCUT2D eigenvalue weighted by Gasteiger charge is 2.23. The predicted octanol–water partition coefficient (Wildman–Crippen LogP) is 3.32. The largest absolute Gasteiger partial charge is 0.469 e. The molecule has 0 saturated heterocycles. The molecule has 1 aliphatic rings. The minimum atomic E-state index is -0.635. The molecule has 3 rings (SSSR count). The number of hydrogen-bond donors (Lipinski definition) is 2. The highest BCUT2D eigenvalue weighted by molar-refractivity contribution is 5.94. The van der Waals surface area contributed by atoms with E-state index in [1.807, 2.05) is 6.07 Å². The molecular formula is C16H17FN2O2. The Hall–Kier alpha value is -2.30. The summed E-state index contributed by atoms with van der Waals surface area (Å²) in [6.45, 7) is 1.68. The van der Waals surface area contributed by atoms with Crippen molar-refractivity contribution in [1.29, 1.82) is 0 Å². The number of hydrogen-bond acceptors (Lipinski definition) is 3. The van der Waals surface area contributed by atoms with Crippen LogP contribution in [0.15, 0.2) is 28.9 Å². The number of amides is 1. The van der Waals surface area contributed by atoms with Crippen LogP contribution in [0.5, 0.6) is 0 Å². The number of aryl methyl sites for hydroxylation is 1. The van der Waals surface area contributed by atoms with Crippen molar-refractivity contribution in [2.24, 2.45) is 5.73 Å². The van der Waals surface area contributed by atoms with Gasteiger partial charge in [-0.15, -0.1) is 0 Å².